The molecule has 0 unspecified atom stereocenters. The van der Waals surface area contributed by atoms with Crippen molar-refractivity contribution in [3.8, 4) is 0 Å². The molecule has 6 rings (SSSR count). The van der Waals surface area contributed by atoms with Gasteiger partial charge in [0.15, 0.2) is 5.11 Å². The van der Waals surface area contributed by atoms with Crippen molar-refractivity contribution >= 4 is 23.2 Å². The van der Waals surface area contributed by atoms with Gasteiger partial charge in [0.2, 0.25) is 5.91 Å². The number of amides is 1. The molecule has 6 aliphatic carbocycles. The van der Waals surface area contributed by atoms with Crippen LogP contribution in [0.4, 0.5) is 0 Å². The van der Waals surface area contributed by atoms with Gasteiger partial charge in [-0.05, 0) is 112 Å². The fourth-order valence-electron chi connectivity index (χ4n) is 7.88. The summed E-state index contributed by atoms with van der Waals surface area (Å²) in [4.78, 5) is 13.1. The molecule has 3 nitrogen and oxygen atoms in total. The summed E-state index contributed by atoms with van der Waals surface area (Å²) in [7, 11) is 0. The van der Waals surface area contributed by atoms with Crippen molar-refractivity contribution in [2.24, 2.45) is 40.9 Å². The fourth-order valence-corrected chi connectivity index (χ4v) is 8.16. The first-order valence-corrected chi connectivity index (χ1v) is 11.0. The normalized spacial score (nSPS) is 47.7. The fraction of sp³-hybridized carbons (Fsp3) is 0.905. The average Bonchev–Trinajstić information content (AvgIpc) is 3.16. The highest BCUT2D eigenvalue weighted by atomic mass is 32.1. The molecule has 6 bridgehead atoms. The van der Waals surface area contributed by atoms with Crippen LogP contribution in [0.25, 0.3) is 0 Å². The molecule has 6 saturated carbocycles. The molecule has 0 aromatic heterocycles. The highest BCUT2D eigenvalue weighted by Gasteiger charge is 2.54. The van der Waals surface area contributed by atoms with Crippen molar-refractivity contribution in [1.82, 2.24) is 10.6 Å². The van der Waals surface area contributed by atoms with Gasteiger partial charge in [-0.2, -0.15) is 0 Å². The zero-order valence-electron chi connectivity index (χ0n) is 15.4. The van der Waals surface area contributed by atoms with Crippen LogP contribution in [0, 0.1) is 40.9 Å². The number of nitrogens with one attached hydrogen (secondary N) is 2. The Kier molecular flexibility index (Phi) is 3.92. The molecular formula is C21H32N2OS. The molecule has 0 heterocycles. The molecule has 1 amide bonds. The number of fused-ring (bicyclic) bond motifs is 2. The molecule has 6 aliphatic rings. The smallest absolute Gasteiger partial charge is 0.232 e. The van der Waals surface area contributed by atoms with Crippen LogP contribution in [0.5, 0.6) is 0 Å². The SMILES string of the molecule is C[C@H](NC(=S)NC(=O)C12CC3CC(CC(C3)C1)C2)[C@@H]1C[C@@H]2CC[C@@H]1C2. The number of rotatable bonds is 3. The molecule has 0 saturated heterocycles. The van der Waals surface area contributed by atoms with Crippen molar-refractivity contribution in [3.63, 3.8) is 0 Å². The first-order chi connectivity index (χ1) is 12.0. The van der Waals surface area contributed by atoms with Gasteiger partial charge in [0.25, 0.3) is 0 Å². The summed E-state index contributed by atoms with van der Waals surface area (Å²) in [6, 6.07) is 0.388. The van der Waals surface area contributed by atoms with Gasteiger partial charge < -0.3 is 10.6 Å². The van der Waals surface area contributed by atoms with Crippen LogP contribution in [-0.4, -0.2) is 17.1 Å². The van der Waals surface area contributed by atoms with Gasteiger partial charge in [0.05, 0.1) is 5.41 Å². The van der Waals surface area contributed by atoms with E-state index in [4.69, 9.17) is 12.2 Å². The first kappa shape index (κ1) is 16.5. The maximum atomic E-state index is 13.1. The molecule has 0 radical (unpaired) electrons. The van der Waals surface area contributed by atoms with E-state index in [1.807, 2.05) is 0 Å². The van der Waals surface area contributed by atoms with Crippen molar-refractivity contribution < 1.29 is 4.79 Å². The van der Waals surface area contributed by atoms with Crippen molar-refractivity contribution in [3.05, 3.63) is 0 Å². The third kappa shape index (κ3) is 2.83. The largest absolute Gasteiger partial charge is 0.360 e. The third-order valence-electron chi connectivity index (χ3n) is 8.54. The zero-order valence-corrected chi connectivity index (χ0v) is 16.2. The molecule has 0 aromatic carbocycles. The van der Waals surface area contributed by atoms with E-state index in [-0.39, 0.29) is 11.3 Å². The van der Waals surface area contributed by atoms with Gasteiger partial charge in [-0.1, -0.05) is 6.42 Å². The summed E-state index contributed by atoms with van der Waals surface area (Å²) in [5, 5.41) is 7.17. The second-order valence-corrected chi connectivity index (χ2v) is 10.7. The summed E-state index contributed by atoms with van der Waals surface area (Å²) < 4.78 is 0. The minimum Gasteiger partial charge on any atom is -0.360 e. The molecule has 2 N–H and O–H groups in total. The summed E-state index contributed by atoms with van der Waals surface area (Å²) in [5.41, 5.74) is -0.101. The Labute approximate surface area is 157 Å². The summed E-state index contributed by atoms with van der Waals surface area (Å²) >= 11 is 5.54. The van der Waals surface area contributed by atoms with Crippen molar-refractivity contribution in [1.29, 1.82) is 0 Å². The van der Waals surface area contributed by atoms with E-state index in [0.717, 1.165) is 54.8 Å². The van der Waals surface area contributed by atoms with Gasteiger partial charge >= 0.3 is 0 Å². The Morgan fingerprint density at radius 1 is 0.960 bits per heavy atom. The van der Waals surface area contributed by atoms with Crippen LogP contribution in [0.15, 0.2) is 0 Å². The molecule has 0 spiro atoms. The molecule has 25 heavy (non-hydrogen) atoms. The summed E-state index contributed by atoms with van der Waals surface area (Å²) in [5.74, 6) is 5.20. The summed E-state index contributed by atoms with van der Waals surface area (Å²) in [6.45, 7) is 2.26. The second-order valence-electron chi connectivity index (χ2n) is 10.3. The van der Waals surface area contributed by atoms with Crippen LogP contribution < -0.4 is 10.6 Å². The predicted octanol–water partition coefficient (Wildman–Crippen LogP) is 4.02. The van der Waals surface area contributed by atoms with Gasteiger partial charge in [0.1, 0.15) is 0 Å². The van der Waals surface area contributed by atoms with Gasteiger partial charge in [-0.25, -0.2) is 0 Å². The van der Waals surface area contributed by atoms with Crippen molar-refractivity contribution in [2.75, 3.05) is 0 Å². The monoisotopic (exact) mass is 360 g/mol. The highest BCUT2D eigenvalue weighted by molar-refractivity contribution is 7.80. The third-order valence-corrected chi connectivity index (χ3v) is 8.76. The van der Waals surface area contributed by atoms with Crippen LogP contribution in [0.3, 0.4) is 0 Å². The standard InChI is InChI=1S/C21H32N2OS/c1-12(18-8-13-2-3-17(18)7-13)22-20(25)23-19(24)21-9-14-4-15(10-21)6-16(5-14)11-21/h12-18H,2-11H2,1H3,(H2,22,23,24,25)/t12-,13+,14?,15?,16?,17+,18-,21?/m0/s1. The average molecular weight is 361 g/mol. The number of carbonyl (C=O) groups excluding carboxylic acids is 1. The minimum atomic E-state index is -0.101. The lowest BCUT2D eigenvalue weighted by molar-refractivity contribution is -0.144. The Hall–Kier alpha value is -0.640. The maximum absolute atomic E-state index is 13.1. The Morgan fingerprint density at radius 2 is 1.60 bits per heavy atom. The Morgan fingerprint density at radius 3 is 2.12 bits per heavy atom. The molecule has 0 aliphatic heterocycles. The van der Waals surface area contributed by atoms with E-state index in [1.165, 1.54) is 44.9 Å². The predicted molar refractivity (Wildman–Crippen MR) is 103 cm³/mol. The van der Waals surface area contributed by atoms with E-state index in [1.54, 1.807) is 0 Å². The first-order valence-electron chi connectivity index (χ1n) is 10.6. The van der Waals surface area contributed by atoms with Crippen LogP contribution in [-0.2, 0) is 4.79 Å². The van der Waals surface area contributed by atoms with Crippen molar-refractivity contribution in [2.45, 2.75) is 77.2 Å². The van der Waals surface area contributed by atoms with Gasteiger partial charge in [0, 0.05) is 6.04 Å². The molecule has 4 atom stereocenters. The van der Waals surface area contributed by atoms with E-state index < -0.39 is 0 Å². The lowest BCUT2D eigenvalue weighted by atomic mass is 9.49. The Balaban J connectivity index is 1.19. The number of hydrogen-bond acceptors (Lipinski definition) is 2. The lowest BCUT2D eigenvalue weighted by Gasteiger charge is -2.55. The van der Waals surface area contributed by atoms with Crippen LogP contribution in [0.2, 0.25) is 0 Å². The highest BCUT2D eigenvalue weighted by Crippen LogP contribution is 2.60. The lowest BCUT2D eigenvalue weighted by Crippen LogP contribution is -2.56. The second kappa shape index (κ2) is 5.94. The van der Waals surface area contributed by atoms with Crippen LogP contribution in [0.1, 0.15) is 71.1 Å². The topological polar surface area (TPSA) is 41.1 Å². The summed E-state index contributed by atoms with van der Waals surface area (Å²) in [6.07, 6.45) is 13.0. The Bertz CT molecular complexity index is 553. The molecular weight excluding hydrogens is 328 g/mol. The number of hydrogen-bond donors (Lipinski definition) is 2. The number of thiocarbonyl (C=S) groups is 1. The molecule has 138 valence electrons. The van der Waals surface area contributed by atoms with E-state index in [0.29, 0.717) is 11.2 Å². The molecule has 4 heteroatoms. The maximum Gasteiger partial charge on any atom is 0.232 e. The number of carbonyl (C=O) groups is 1. The molecule has 6 fully saturated rings. The van der Waals surface area contributed by atoms with E-state index in [9.17, 15) is 4.79 Å². The minimum absolute atomic E-state index is 0.101. The van der Waals surface area contributed by atoms with Gasteiger partial charge in [-0.3, -0.25) is 4.79 Å². The quantitative estimate of drug-likeness (QED) is 0.747. The van der Waals surface area contributed by atoms with E-state index in [2.05, 4.69) is 17.6 Å². The molecule has 0 aromatic rings. The van der Waals surface area contributed by atoms with Crippen LogP contribution >= 0.6 is 12.2 Å². The van der Waals surface area contributed by atoms with E-state index >= 15 is 0 Å². The van der Waals surface area contributed by atoms with Gasteiger partial charge in [-0.15, -0.1) is 0 Å². The zero-order chi connectivity index (χ0) is 17.2.